The first-order chi connectivity index (χ1) is 13.0. The minimum absolute atomic E-state index is 0.110. The molecule has 9 heteroatoms. The lowest BCUT2D eigenvalue weighted by atomic mass is 10.2. The van der Waals surface area contributed by atoms with Crippen LogP contribution in [0, 0.1) is 12.7 Å². The van der Waals surface area contributed by atoms with E-state index in [1.807, 2.05) is 24.3 Å². The van der Waals surface area contributed by atoms with Crippen molar-refractivity contribution in [1.29, 1.82) is 0 Å². The number of carbonyl (C=O) groups is 1. The molecule has 0 bridgehead atoms. The summed E-state index contributed by atoms with van der Waals surface area (Å²) in [6, 6.07) is 12.1. The van der Waals surface area contributed by atoms with Gasteiger partial charge in [-0.1, -0.05) is 30.0 Å². The summed E-state index contributed by atoms with van der Waals surface area (Å²) in [6.07, 6.45) is 0. The Labute approximate surface area is 159 Å². The molecule has 0 aliphatic rings. The second kappa shape index (κ2) is 8.63. The summed E-state index contributed by atoms with van der Waals surface area (Å²) in [4.78, 5) is 12.1. The first-order valence-corrected chi connectivity index (χ1v) is 9.11. The number of amides is 1. The quantitative estimate of drug-likeness (QED) is 0.628. The summed E-state index contributed by atoms with van der Waals surface area (Å²) in [6.45, 7) is 2.14. The molecule has 0 aliphatic carbocycles. The molecule has 140 valence electrons. The van der Waals surface area contributed by atoms with E-state index < -0.39 is 0 Å². The van der Waals surface area contributed by atoms with E-state index in [4.69, 9.17) is 4.74 Å². The van der Waals surface area contributed by atoms with E-state index in [1.54, 1.807) is 30.8 Å². The zero-order valence-corrected chi connectivity index (χ0v) is 15.7. The van der Waals surface area contributed by atoms with E-state index in [0.717, 1.165) is 11.3 Å². The molecular formula is C18H18FN5O2S. The fourth-order valence-corrected chi connectivity index (χ4v) is 2.98. The number of methoxy groups -OCH3 is 1. The lowest BCUT2D eigenvalue weighted by Gasteiger charge is -2.07. The summed E-state index contributed by atoms with van der Waals surface area (Å²) < 4.78 is 20.3. The minimum atomic E-state index is -0.358. The Hall–Kier alpha value is -2.94. The highest BCUT2D eigenvalue weighted by Crippen LogP contribution is 2.18. The predicted octanol–water partition coefficient (Wildman–Crippen LogP) is 2.91. The largest absolute Gasteiger partial charge is 0.497 e. The van der Waals surface area contributed by atoms with Gasteiger partial charge in [0.15, 0.2) is 0 Å². The van der Waals surface area contributed by atoms with Crippen LogP contribution in [0.5, 0.6) is 5.75 Å². The SMILES string of the molecule is COc1ccc(Cn2nnnc2SCC(=O)Nc2ccc(C)c(F)c2)cc1. The van der Waals surface area contributed by atoms with Crippen molar-refractivity contribution in [2.45, 2.75) is 18.6 Å². The Morgan fingerprint density at radius 2 is 2.04 bits per heavy atom. The number of hydrogen-bond donors (Lipinski definition) is 1. The van der Waals surface area contributed by atoms with Gasteiger partial charge in [-0.05, 0) is 52.7 Å². The third-order valence-electron chi connectivity index (χ3n) is 3.78. The molecule has 2 aromatic carbocycles. The summed E-state index contributed by atoms with van der Waals surface area (Å²) in [5.41, 5.74) is 1.95. The van der Waals surface area contributed by atoms with Crippen molar-refractivity contribution in [3.63, 3.8) is 0 Å². The van der Waals surface area contributed by atoms with Gasteiger partial charge in [-0.3, -0.25) is 4.79 Å². The van der Waals surface area contributed by atoms with Crippen LogP contribution < -0.4 is 10.1 Å². The number of nitrogens with one attached hydrogen (secondary N) is 1. The maximum absolute atomic E-state index is 13.6. The van der Waals surface area contributed by atoms with E-state index >= 15 is 0 Å². The molecule has 1 N–H and O–H groups in total. The van der Waals surface area contributed by atoms with Gasteiger partial charge in [0.2, 0.25) is 11.1 Å². The van der Waals surface area contributed by atoms with E-state index in [9.17, 15) is 9.18 Å². The number of aromatic nitrogens is 4. The fraction of sp³-hybridized carbons (Fsp3) is 0.222. The van der Waals surface area contributed by atoms with Crippen molar-refractivity contribution in [2.75, 3.05) is 18.2 Å². The van der Waals surface area contributed by atoms with Crippen molar-refractivity contribution in [2.24, 2.45) is 0 Å². The maximum atomic E-state index is 13.6. The molecule has 1 heterocycles. The Morgan fingerprint density at radius 1 is 1.26 bits per heavy atom. The monoisotopic (exact) mass is 387 g/mol. The highest BCUT2D eigenvalue weighted by atomic mass is 32.2. The highest BCUT2D eigenvalue weighted by Gasteiger charge is 2.11. The minimum Gasteiger partial charge on any atom is -0.497 e. The summed E-state index contributed by atoms with van der Waals surface area (Å²) >= 11 is 1.21. The number of aryl methyl sites for hydroxylation is 1. The molecule has 0 fully saturated rings. The van der Waals surface area contributed by atoms with Gasteiger partial charge in [-0.15, -0.1) is 5.10 Å². The van der Waals surface area contributed by atoms with Gasteiger partial charge in [0, 0.05) is 5.69 Å². The second-order valence-electron chi connectivity index (χ2n) is 5.77. The second-order valence-corrected chi connectivity index (χ2v) is 6.71. The van der Waals surface area contributed by atoms with Crippen LogP contribution in [0.1, 0.15) is 11.1 Å². The number of benzene rings is 2. The Morgan fingerprint density at radius 3 is 2.74 bits per heavy atom. The first kappa shape index (κ1) is 18.8. The van der Waals surface area contributed by atoms with Gasteiger partial charge in [-0.2, -0.15) is 0 Å². The van der Waals surface area contributed by atoms with Crippen molar-refractivity contribution in [1.82, 2.24) is 20.2 Å². The van der Waals surface area contributed by atoms with Crippen LogP contribution in [0.3, 0.4) is 0 Å². The Balaban J connectivity index is 1.57. The standard InChI is InChI=1S/C18H18FN5O2S/c1-12-3-6-14(9-16(12)19)20-17(25)11-27-18-21-22-23-24(18)10-13-4-7-15(26-2)8-5-13/h3-9H,10-11H2,1-2H3,(H,20,25). The molecule has 0 aliphatic heterocycles. The van der Waals surface area contributed by atoms with Crippen LogP contribution in [-0.4, -0.2) is 39.0 Å². The molecule has 0 radical (unpaired) electrons. The molecule has 3 rings (SSSR count). The number of halogens is 1. The van der Waals surface area contributed by atoms with Crippen LogP contribution in [0.2, 0.25) is 0 Å². The van der Waals surface area contributed by atoms with E-state index in [-0.39, 0.29) is 17.5 Å². The molecule has 0 spiro atoms. The number of nitrogens with zero attached hydrogens (tertiary/aromatic N) is 4. The van der Waals surface area contributed by atoms with Crippen LogP contribution in [0.15, 0.2) is 47.6 Å². The van der Waals surface area contributed by atoms with Crippen molar-refractivity contribution >= 4 is 23.4 Å². The molecule has 27 heavy (non-hydrogen) atoms. The molecular weight excluding hydrogens is 369 g/mol. The van der Waals surface area contributed by atoms with Crippen molar-refractivity contribution < 1.29 is 13.9 Å². The van der Waals surface area contributed by atoms with E-state index in [2.05, 4.69) is 20.8 Å². The van der Waals surface area contributed by atoms with Crippen LogP contribution >= 0.6 is 11.8 Å². The van der Waals surface area contributed by atoms with Crippen LogP contribution in [-0.2, 0) is 11.3 Å². The third-order valence-corrected chi connectivity index (χ3v) is 4.74. The molecule has 0 atom stereocenters. The summed E-state index contributed by atoms with van der Waals surface area (Å²) in [5.74, 6) is 0.263. The molecule has 3 aromatic rings. The van der Waals surface area contributed by atoms with E-state index in [1.165, 1.54) is 17.8 Å². The number of rotatable bonds is 7. The first-order valence-electron chi connectivity index (χ1n) is 8.13. The van der Waals surface area contributed by atoms with Crippen molar-refractivity contribution in [3.8, 4) is 5.75 Å². The smallest absolute Gasteiger partial charge is 0.234 e. The Kier molecular flexibility index (Phi) is 6.02. The molecule has 1 aromatic heterocycles. The van der Waals surface area contributed by atoms with Gasteiger partial charge in [0.05, 0.1) is 19.4 Å². The van der Waals surface area contributed by atoms with Gasteiger partial charge < -0.3 is 10.1 Å². The average Bonchev–Trinajstić information content (AvgIpc) is 3.11. The van der Waals surface area contributed by atoms with E-state index in [0.29, 0.717) is 23.0 Å². The third kappa shape index (κ3) is 5.04. The summed E-state index contributed by atoms with van der Waals surface area (Å²) in [7, 11) is 1.61. The Bertz CT molecular complexity index is 930. The van der Waals surface area contributed by atoms with Crippen LogP contribution in [0.4, 0.5) is 10.1 Å². The number of carbonyl (C=O) groups excluding carboxylic acids is 1. The van der Waals surface area contributed by atoms with Gasteiger partial charge in [-0.25, -0.2) is 9.07 Å². The maximum Gasteiger partial charge on any atom is 0.234 e. The molecule has 0 saturated heterocycles. The van der Waals surface area contributed by atoms with Gasteiger partial charge >= 0.3 is 0 Å². The number of tetrazole rings is 1. The number of ether oxygens (including phenoxy) is 1. The fourth-order valence-electron chi connectivity index (χ4n) is 2.30. The summed E-state index contributed by atoms with van der Waals surface area (Å²) in [5, 5.41) is 14.8. The lowest BCUT2D eigenvalue weighted by Crippen LogP contribution is -2.15. The predicted molar refractivity (Wildman–Crippen MR) is 100 cm³/mol. The zero-order chi connectivity index (χ0) is 19.2. The lowest BCUT2D eigenvalue weighted by molar-refractivity contribution is -0.113. The molecule has 0 saturated carbocycles. The number of thioether (sulfide) groups is 1. The molecule has 0 unspecified atom stereocenters. The number of anilines is 1. The normalized spacial score (nSPS) is 10.6. The topological polar surface area (TPSA) is 81.9 Å². The van der Waals surface area contributed by atoms with Crippen molar-refractivity contribution in [3.05, 3.63) is 59.4 Å². The molecule has 1 amide bonds. The van der Waals surface area contributed by atoms with Gasteiger partial charge in [0.1, 0.15) is 11.6 Å². The highest BCUT2D eigenvalue weighted by molar-refractivity contribution is 7.99. The van der Waals surface area contributed by atoms with Crippen LogP contribution in [0.25, 0.3) is 0 Å². The zero-order valence-electron chi connectivity index (χ0n) is 14.8. The average molecular weight is 387 g/mol. The number of hydrogen-bond acceptors (Lipinski definition) is 6. The van der Waals surface area contributed by atoms with Gasteiger partial charge in [0.25, 0.3) is 0 Å². The molecule has 7 nitrogen and oxygen atoms in total.